The lowest BCUT2D eigenvalue weighted by molar-refractivity contribution is 0.411. The van der Waals surface area contributed by atoms with Gasteiger partial charge in [-0.15, -0.1) is 0 Å². The molecule has 0 aliphatic heterocycles. The third-order valence-corrected chi connectivity index (χ3v) is 4.99. The molecule has 31 heavy (non-hydrogen) atoms. The van der Waals surface area contributed by atoms with Crippen molar-refractivity contribution in [3.05, 3.63) is 95.9 Å². The molecule has 3 heterocycles. The number of rotatable bonds is 4. The molecule has 0 spiro atoms. The second-order valence-electron chi connectivity index (χ2n) is 8.64. The summed E-state index contributed by atoms with van der Waals surface area (Å²) in [5, 5.41) is 1.37. The number of nitrogens with zero attached hydrogens (tertiary/aromatic N) is 2. The van der Waals surface area contributed by atoms with Gasteiger partial charge in [0.2, 0.25) is 0 Å². The molecule has 0 amide bonds. The van der Waals surface area contributed by atoms with E-state index in [0.29, 0.717) is 39.1 Å². The van der Waals surface area contributed by atoms with Gasteiger partial charge in [-0.3, -0.25) is 9.97 Å². The normalized spacial score (nSPS) is 14.8. The van der Waals surface area contributed by atoms with E-state index in [2.05, 4.69) is 9.97 Å². The fourth-order valence-electron chi connectivity index (χ4n) is 3.73. The highest BCUT2D eigenvalue weighted by Crippen LogP contribution is 2.34. The number of benzene rings is 2. The Bertz CT molecular complexity index is 1540. The first-order valence-electron chi connectivity index (χ1n) is 12.3. The first kappa shape index (κ1) is 15.4. The van der Waals surface area contributed by atoms with E-state index in [-0.39, 0.29) is 0 Å². The van der Waals surface area contributed by atoms with Crippen LogP contribution in [0.25, 0.3) is 33.2 Å². The summed E-state index contributed by atoms with van der Waals surface area (Å²) in [6.45, 7) is 5.64. The quantitative estimate of drug-likeness (QED) is 0.314. The summed E-state index contributed by atoms with van der Waals surface area (Å²) < 4.78 is 41.1. The molecule has 0 atom stereocenters. The zero-order chi connectivity index (χ0) is 25.0. The lowest BCUT2D eigenvalue weighted by atomic mass is 9.88. The SMILES string of the molecule is [2H]C([2H])(c1ccccc1)c1nccc2oc3ccc(-c4cc(C([2H])([2H])C(C)(C)C)ccn4)cc3c12. The third-order valence-electron chi connectivity index (χ3n) is 4.99. The minimum Gasteiger partial charge on any atom is -0.456 e. The minimum atomic E-state index is -1.82. The van der Waals surface area contributed by atoms with E-state index in [4.69, 9.17) is 9.90 Å². The van der Waals surface area contributed by atoms with Gasteiger partial charge in [0.15, 0.2) is 0 Å². The van der Waals surface area contributed by atoms with Crippen LogP contribution in [-0.4, -0.2) is 9.97 Å². The second kappa shape index (κ2) is 7.66. The molecule has 5 rings (SSSR count). The van der Waals surface area contributed by atoms with E-state index in [0.717, 1.165) is 10.9 Å². The largest absolute Gasteiger partial charge is 0.456 e. The molecule has 0 aliphatic carbocycles. The smallest absolute Gasteiger partial charge is 0.138 e. The molecular formula is C28H26N2O. The molecule has 0 saturated heterocycles. The van der Waals surface area contributed by atoms with Crippen LogP contribution in [0.1, 0.15) is 43.1 Å². The average Bonchev–Trinajstić information content (AvgIpc) is 3.22. The Morgan fingerprint density at radius 1 is 0.839 bits per heavy atom. The van der Waals surface area contributed by atoms with Crippen LogP contribution in [0.5, 0.6) is 0 Å². The van der Waals surface area contributed by atoms with Gasteiger partial charge in [0.25, 0.3) is 0 Å². The van der Waals surface area contributed by atoms with Gasteiger partial charge in [0.1, 0.15) is 11.2 Å². The van der Waals surface area contributed by atoms with Crippen molar-refractivity contribution in [1.82, 2.24) is 9.97 Å². The summed E-state index contributed by atoms with van der Waals surface area (Å²) in [6.07, 6.45) is -0.164. The highest BCUT2D eigenvalue weighted by molar-refractivity contribution is 6.07. The number of hydrogen-bond acceptors (Lipinski definition) is 3. The van der Waals surface area contributed by atoms with Crippen molar-refractivity contribution in [2.45, 2.75) is 33.5 Å². The lowest BCUT2D eigenvalue weighted by Gasteiger charge is -2.18. The van der Waals surface area contributed by atoms with Crippen molar-refractivity contribution in [3.8, 4) is 11.3 Å². The van der Waals surface area contributed by atoms with E-state index >= 15 is 0 Å². The Morgan fingerprint density at radius 2 is 1.65 bits per heavy atom. The number of pyridine rings is 2. The number of aromatic nitrogens is 2. The first-order valence-corrected chi connectivity index (χ1v) is 10.3. The molecule has 0 N–H and O–H groups in total. The van der Waals surface area contributed by atoms with Crippen LogP contribution in [-0.2, 0) is 12.7 Å². The summed E-state index contributed by atoms with van der Waals surface area (Å²) in [7, 11) is 0. The maximum atomic E-state index is 8.89. The van der Waals surface area contributed by atoms with E-state index in [1.165, 1.54) is 0 Å². The predicted octanol–water partition coefficient (Wildman–Crippen LogP) is 7.22. The molecule has 0 radical (unpaired) electrons. The van der Waals surface area contributed by atoms with E-state index < -0.39 is 18.2 Å². The van der Waals surface area contributed by atoms with Crippen LogP contribution in [0.15, 0.2) is 83.5 Å². The summed E-state index contributed by atoms with van der Waals surface area (Å²) in [6, 6.07) is 19.9. The first-order chi connectivity index (χ1) is 16.5. The predicted molar refractivity (Wildman–Crippen MR) is 127 cm³/mol. The Morgan fingerprint density at radius 3 is 2.45 bits per heavy atom. The van der Waals surface area contributed by atoms with E-state index in [1.54, 1.807) is 42.7 Å². The molecule has 5 aromatic rings. The van der Waals surface area contributed by atoms with Crippen LogP contribution >= 0.6 is 0 Å². The lowest BCUT2D eigenvalue weighted by Crippen LogP contribution is -2.09. The third kappa shape index (κ3) is 4.09. The topological polar surface area (TPSA) is 38.9 Å². The maximum Gasteiger partial charge on any atom is 0.138 e. The standard InChI is InChI=1S/C28H26N2O/c1-28(2,3)18-20-11-13-29-23(16-20)21-9-10-25-22(17-21)27-24(30-14-12-26(27)31-25)15-19-7-5-4-6-8-19/h4-14,16-17H,15,18H2,1-3H3/i15D2,18D2. The van der Waals surface area contributed by atoms with Crippen LogP contribution in [0, 0.1) is 5.41 Å². The average molecular weight is 411 g/mol. The monoisotopic (exact) mass is 410 g/mol. The highest BCUT2D eigenvalue weighted by Gasteiger charge is 2.15. The van der Waals surface area contributed by atoms with Crippen molar-refractivity contribution in [2.75, 3.05) is 0 Å². The Labute approximate surface area is 188 Å². The van der Waals surface area contributed by atoms with Crippen molar-refractivity contribution < 1.29 is 9.90 Å². The van der Waals surface area contributed by atoms with Crippen LogP contribution in [0.2, 0.25) is 0 Å². The molecule has 0 bridgehead atoms. The summed E-state index contributed by atoms with van der Waals surface area (Å²) in [5.74, 6) is 0. The van der Waals surface area contributed by atoms with Gasteiger partial charge in [0, 0.05) is 35.2 Å². The molecule has 154 valence electrons. The van der Waals surface area contributed by atoms with Gasteiger partial charge in [-0.1, -0.05) is 51.1 Å². The van der Waals surface area contributed by atoms with E-state index in [9.17, 15) is 0 Å². The van der Waals surface area contributed by atoms with E-state index in [1.807, 2.05) is 57.2 Å². The molecule has 0 fully saturated rings. The highest BCUT2D eigenvalue weighted by atomic mass is 16.3. The Hall–Kier alpha value is -3.46. The fourth-order valence-corrected chi connectivity index (χ4v) is 3.73. The van der Waals surface area contributed by atoms with Gasteiger partial charge < -0.3 is 4.42 Å². The van der Waals surface area contributed by atoms with Crippen LogP contribution in [0.4, 0.5) is 0 Å². The zero-order valence-corrected chi connectivity index (χ0v) is 17.8. The molecule has 0 unspecified atom stereocenters. The zero-order valence-electron chi connectivity index (χ0n) is 21.8. The van der Waals surface area contributed by atoms with Crippen molar-refractivity contribution >= 4 is 21.9 Å². The molecule has 0 aliphatic rings. The summed E-state index contributed by atoms with van der Waals surface area (Å²) in [5.41, 5.74) is 3.42. The Kier molecular flexibility index (Phi) is 3.79. The van der Waals surface area contributed by atoms with Crippen molar-refractivity contribution in [3.63, 3.8) is 0 Å². The minimum absolute atomic E-state index is 0.294. The molecular weight excluding hydrogens is 380 g/mol. The number of fused-ring (bicyclic) bond motifs is 3. The van der Waals surface area contributed by atoms with Gasteiger partial charge in [-0.25, -0.2) is 0 Å². The van der Waals surface area contributed by atoms with Gasteiger partial charge in [-0.2, -0.15) is 0 Å². The van der Waals surface area contributed by atoms with Gasteiger partial charge in [-0.05, 0) is 59.3 Å². The summed E-state index contributed by atoms with van der Waals surface area (Å²) >= 11 is 0. The Balaban J connectivity index is 1.69. The van der Waals surface area contributed by atoms with Crippen LogP contribution in [0.3, 0.4) is 0 Å². The summed E-state index contributed by atoms with van der Waals surface area (Å²) in [4.78, 5) is 8.96. The second-order valence-corrected chi connectivity index (χ2v) is 8.64. The van der Waals surface area contributed by atoms with Crippen molar-refractivity contribution in [2.24, 2.45) is 5.41 Å². The van der Waals surface area contributed by atoms with Gasteiger partial charge in [0.05, 0.1) is 16.8 Å². The van der Waals surface area contributed by atoms with Gasteiger partial charge >= 0.3 is 0 Å². The molecule has 0 saturated carbocycles. The molecule has 2 aromatic carbocycles. The molecule has 3 heteroatoms. The maximum absolute atomic E-state index is 8.89. The van der Waals surface area contributed by atoms with Crippen LogP contribution < -0.4 is 0 Å². The molecule has 3 aromatic heterocycles. The number of furan rings is 1. The number of hydrogen-bond donors (Lipinski definition) is 0. The van der Waals surface area contributed by atoms with Crippen molar-refractivity contribution in [1.29, 1.82) is 0 Å². The fraction of sp³-hybridized carbons (Fsp3) is 0.214. The molecule has 3 nitrogen and oxygen atoms in total.